The van der Waals surface area contributed by atoms with Gasteiger partial charge < -0.3 is 10.4 Å². The molecule has 1 aromatic heterocycles. The fourth-order valence-electron chi connectivity index (χ4n) is 3.88. The number of carboxylic acids is 1. The molecule has 0 spiro atoms. The summed E-state index contributed by atoms with van der Waals surface area (Å²) in [5, 5.41) is 27.3. The number of piperidine rings is 1. The summed E-state index contributed by atoms with van der Waals surface area (Å²) < 4.78 is 0. The monoisotopic (exact) mass is 357 g/mol. The van der Waals surface area contributed by atoms with Crippen LogP contribution in [0.1, 0.15) is 61.4 Å². The molecule has 3 N–H and O–H groups in total. The number of H-pyrrole nitrogens is 1. The van der Waals surface area contributed by atoms with Gasteiger partial charge >= 0.3 is 5.97 Å². The molecule has 0 aliphatic carbocycles. The summed E-state index contributed by atoms with van der Waals surface area (Å²) in [7, 11) is 0. The van der Waals surface area contributed by atoms with Crippen LogP contribution >= 0.6 is 0 Å². The van der Waals surface area contributed by atoms with Crippen LogP contribution in [0.2, 0.25) is 0 Å². The third-order valence-corrected chi connectivity index (χ3v) is 5.34. The van der Waals surface area contributed by atoms with Crippen molar-refractivity contribution >= 4 is 5.97 Å². The van der Waals surface area contributed by atoms with Crippen molar-refractivity contribution < 1.29 is 9.90 Å². The van der Waals surface area contributed by atoms with Crippen molar-refractivity contribution in [1.82, 2.24) is 25.9 Å². The molecule has 1 unspecified atom stereocenters. The van der Waals surface area contributed by atoms with Crippen molar-refractivity contribution in [2.45, 2.75) is 50.9 Å². The van der Waals surface area contributed by atoms with E-state index in [1.54, 1.807) is 0 Å². The lowest BCUT2D eigenvalue weighted by atomic mass is 9.82. The normalized spacial score (nSPS) is 17.7. The molecule has 3 rings (SSSR count). The maximum Gasteiger partial charge on any atom is 0.307 e. The zero-order chi connectivity index (χ0) is 18.4. The van der Waals surface area contributed by atoms with Crippen LogP contribution in [-0.4, -0.2) is 44.8 Å². The number of aromatic amines is 1. The molecule has 0 bridgehead atoms. The van der Waals surface area contributed by atoms with Crippen LogP contribution in [0.5, 0.6) is 0 Å². The molecule has 2 aromatic rings. The third kappa shape index (κ3) is 4.46. The molecule has 1 saturated heterocycles. The summed E-state index contributed by atoms with van der Waals surface area (Å²) in [4.78, 5) is 11.8. The second-order valence-electron chi connectivity index (χ2n) is 7.08. The zero-order valence-electron chi connectivity index (χ0n) is 15.2. The van der Waals surface area contributed by atoms with Gasteiger partial charge in [-0.05, 0) is 55.8 Å². The van der Waals surface area contributed by atoms with E-state index in [4.69, 9.17) is 0 Å². The van der Waals surface area contributed by atoms with Gasteiger partial charge in [0.05, 0.1) is 5.92 Å². The van der Waals surface area contributed by atoms with E-state index in [0.29, 0.717) is 24.6 Å². The highest BCUT2D eigenvalue weighted by atomic mass is 16.4. The first-order valence-electron chi connectivity index (χ1n) is 9.44. The molecule has 0 saturated carbocycles. The topological polar surface area (TPSA) is 104 Å². The Bertz CT molecular complexity index is 680. The minimum absolute atomic E-state index is 0.282. The molecule has 7 nitrogen and oxygen atoms in total. The zero-order valence-corrected chi connectivity index (χ0v) is 15.2. The number of aromatic nitrogens is 4. The van der Waals surface area contributed by atoms with Gasteiger partial charge in [0.1, 0.15) is 0 Å². The molecule has 26 heavy (non-hydrogen) atoms. The highest BCUT2D eigenvalue weighted by Crippen LogP contribution is 2.31. The van der Waals surface area contributed by atoms with Gasteiger partial charge in [0.15, 0.2) is 5.82 Å². The Kier molecular flexibility index (Phi) is 6.33. The molecule has 0 amide bonds. The van der Waals surface area contributed by atoms with E-state index in [9.17, 15) is 9.90 Å². The summed E-state index contributed by atoms with van der Waals surface area (Å²) in [5.74, 6) is -0.496. The highest BCUT2D eigenvalue weighted by Gasteiger charge is 2.32. The number of nitrogens with zero attached hydrogens (tertiary/aromatic N) is 3. The molecule has 2 heterocycles. The molecule has 0 radical (unpaired) electrons. The molecular weight excluding hydrogens is 330 g/mol. The Balaban J connectivity index is 1.77. The lowest BCUT2D eigenvalue weighted by molar-refractivity contribution is -0.142. The lowest BCUT2D eigenvalue weighted by Crippen LogP contribution is -2.26. The maximum atomic E-state index is 11.8. The number of carboxylic acid groups (broad SMARTS) is 1. The van der Waals surface area contributed by atoms with Crippen LogP contribution in [0.25, 0.3) is 0 Å². The molecular formula is C19H27N5O2. The van der Waals surface area contributed by atoms with Crippen molar-refractivity contribution in [2.75, 3.05) is 13.1 Å². The van der Waals surface area contributed by atoms with Gasteiger partial charge in [-0.15, -0.1) is 10.2 Å². The van der Waals surface area contributed by atoms with Crippen molar-refractivity contribution in [2.24, 2.45) is 5.92 Å². The number of hydrogen-bond donors (Lipinski definition) is 3. The highest BCUT2D eigenvalue weighted by molar-refractivity contribution is 5.71. The second kappa shape index (κ2) is 8.89. The van der Waals surface area contributed by atoms with Gasteiger partial charge in [-0.25, -0.2) is 0 Å². The van der Waals surface area contributed by atoms with Gasteiger partial charge in [-0.3, -0.25) is 4.79 Å². The van der Waals surface area contributed by atoms with Crippen LogP contribution in [0, 0.1) is 5.92 Å². The second-order valence-corrected chi connectivity index (χ2v) is 7.08. The molecule has 7 heteroatoms. The van der Waals surface area contributed by atoms with E-state index in [2.05, 4.69) is 50.2 Å². The summed E-state index contributed by atoms with van der Waals surface area (Å²) in [6.07, 6.45) is 4.34. The fourth-order valence-corrected chi connectivity index (χ4v) is 3.88. The van der Waals surface area contributed by atoms with Crippen LogP contribution in [0.15, 0.2) is 24.3 Å². The Morgan fingerprint density at radius 1 is 1.27 bits per heavy atom. The molecule has 1 aliphatic heterocycles. The number of tetrazole rings is 1. The average molecular weight is 357 g/mol. The summed E-state index contributed by atoms with van der Waals surface area (Å²) in [5.41, 5.74) is 2.48. The fraction of sp³-hybridized carbons (Fsp3) is 0.579. The molecule has 140 valence electrons. The first-order chi connectivity index (χ1) is 12.7. The number of benzene rings is 1. The van der Waals surface area contributed by atoms with Gasteiger partial charge in [0, 0.05) is 5.92 Å². The summed E-state index contributed by atoms with van der Waals surface area (Å²) in [6, 6.07) is 8.62. The van der Waals surface area contributed by atoms with Crippen LogP contribution in [0.4, 0.5) is 0 Å². The van der Waals surface area contributed by atoms with E-state index >= 15 is 0 Å². The van der Waals surface area contributed by atoms with Crippen LogP contribution in [-0.2, 0) is 11.2 Å². The molecule has 2 atom stereocenters. The smallest absolute Gasteiger partial charge is 0.307 e. The van der Waals surface area contributed by atoms with E-state index in [0.717, 1.165) is 25.1 Å². The van der Waals surface area contributed by atoms with Crippen molar-refractivity contribution in [1.29, 1.82) is 0 Å². The standard InChI is InChI=1S/C19H27N5O2/c1-2-3-16(19(25)26)17(18-21-23-24-22-18)12-13-4-6-14(7-5-13)15-8-10-20-11-9-15/h4-7,15-17,20H,2-3,8-12H2,1H3,(H,25,26)(H,21,22,23,24)/t16?,17-/m0/s1. The Morgan fingerprint density at radius 3 is 2.58 bits per heavy atom. The molecule has 1 fully saturated rings. The van der Waals surface area contributed by atoms with E-state index in [-0.39, 0.29) is 5.92 Å². The van der Waals surface area contributed by atoms with Crippen molar-refractivity contribution in [3.05, 3.63) is 41.2 Å². The lowest BCUT2D eigenvalue weighted by Gasteiger charge is -2.24. The number of rotatable bonds is 8. The van der Waals surface area contributed by atoms with Crippen molar-refractivity contribution in [3.63, 3.8) is 0 Å². The molecule has 1 aliphatic rings. The van der Waals surface area contributed by atoms with Crippen LogP contribution in [0.3, 0.4) is 0 Å². The minimum Gasteiger partial charge on any atom is -0.481 e. The minimum atomic E-state index is -0.798. The predicted molar refractivity (Wildman–Crippen MR) is 97.9 cm³/mol. The van der Waals surface area contributed by atoms with Gasteiger partial charge in [0.25, 0.3) is 0 Å². The summed E-state index contributed by atoms with van der Waals surface area (Å²) in [6.45, 7) is 4.14. The number of carbonyl (C=O) groups is 1. The van der Waals surface area contributed by atoms with Gasteiger partial charge in [-0.2, -0.15) is 5.21 Å². The number of aliphatic carboxylic acids is 1. The maximum absolute atomic E-state index is 11.8. The number of nitrogens with one attached hydrogen (secondary N) is 2. The average Bonchev–Trinajstić information content (AvgIpc) is 3.20. The quantitative estimate of drug-likeness (QED) is 0.670. The molecule has 1 aromatic carbocycles. The summed E-state index contributed by atoms with van der Waals surface area (Å²) >= 11 is 0. The Morgan fingerprint density at radius 2 is 2.00 bits per heavy atom. The first-order valence-corrected chi connectivity index (χ1v) is 9.44. The first kappa shape index (κ1) is 18.5. The Labute approximate surface area is 153 Å². The third-order valence-electron chi connectivity index (χ3n) is 5.34. The predicted octanol–water partition coefficient (Wildman–Crippen LogP) is 2.49. The van der Waals surface area contributed by atoms with Gasteiger partial charge in [-0.1, -0.05) is 42.8 Å². The SMILES string of the molecule is CCCC(C(=O)O)[C@H](Cc1ccc(C2CCNCC2)cc1)c1nn[nH]n1. The number of hydrogen-bond acceptors (Lipinski definition) is 5. The van der Waals surface area contributed by atoms with E-state index < -0.39 is 11.9 Å². The van der Waals surface area contributed by atoms with Gasteiger partial charge in [0.2, 0.25) is 0 Å². The Hall–Kier alpha value is -2.28. The van der Waals surface area contributed by atoms with Crippen molar-refractivity contribution in [3.8, 4) is 0 Å². The largest absolute Gasteiger partial charge is 0.481 e. The van der Waals surface area contributed by atoms with E-state index in [1.807, 2.05) is 6.92 Å². The van der Waals surface area contributed by atoms with Crippen LogP contribution < -0.4 is 5.32 Å². The van der Waals surface area contributed by atoms with E-state index in [1.165, 1.54) is 18.4 Å².